The van der Waals surface area contributed by atoms with E-state index in [0.717, 1.165) is 31.4 Å². The SMILES string of the molecule is NC1CCCC(NCc2ccc(S(N)(=O)=O)cc2)C1. The van der Waals surface area contributed by atoms with Crippen molar-refractivity contribution in [2.75, 3.05) is 0 Å². The molecule has 19 heavy (non-hydrogen) atoms. The number of nitrogens with one attached hydrogen (secondary N) is 1. The summed E-state index contributed by atoms with van der Waals surface area (Å²) < 4.78 is 22.3. The average Bonchev–Trinajstić information content (AvgIpc) is 2.36. The van der Waals surface area contributed by atoms with E-state index in [2.05, 4.69) is 5.32 Å². The van der Waals surface area contributed by atoms with Crippen LogP contribution >= 0.6 is 0 Å². The molecule has 0 aromatic heterocycles. The zero-order chi connectivity index (χ0) is 13.9. The van der Waals surface area contributed by atoms with Crippen LogP contribution in [0.1, 0.15) is 31.2 Å². The minimum absolute atomic E-state index is 0.149. The largest absolute Gasteiger partial charge is 0.328 e. The molecule has 0 saturated heterocycles. The normalized spacial score (nSPS) is 24.3. The van der Waals surface area contributed by atoms with E-state index in [-0.39, 0.29) is 4.90 Å². The van der Waals surface area contributed by atoms with Crippen LogP contribution in [0, 0.1) is 0 Å². The molecular weight excluding hydrogens is 262 g/mol. The van der Waals surface area contributed by atoms with Crippen LogP contribution in [0.3, 0.4) is 0 Å². The van der Waals surface area contributed by atoms with Gasteiger partial charge in [0.25, 0.3) is 0 Å². The Morgan fingerprint density at radius 2 is 1.89 bits per heavy atom. The fourth-order valence-electron chi connectivity index (χ4n) is 2.47. The van der Waals surface area contributed by atoms with Crippen molar-refractivity contribution in [2.45, 2.75) is 49.2 Å². The van der Waals surface area contributed by atoms with Crippen LogP contribution in [-0.2, 0) is 16.6 Å². The first kappa shape index (κ1) is 14.5. The summed E-state index contributed by atoms with van der Waals surface area (Å²) >= 11 is 0. The number of hydrogen-bond donors (Lipinski definition) is 3. The second-order valence-corrected chi connectivity index (χ2v) is 6.75. The van der Waals surface area contributed by atoms with E-state index >= 15 is 0 Å². The second-order valence-electron chi connectivity index (χ2n) is 5.19. The van der Waals surface area contributed by atoms with E-state index in [1.807, 2.05) is 0 Å². The van der Waals surface area contributed by atoms with Gasteiger partial charge in [0.05, 0.1) is 4.90 Å². The van der Waals surface area contributed by atoms with Gasteiger partial charge >= 0.3 is 0 Å². The van der Waals surface area contributed by atoms with Crippen molar-refractivity contribution in [3.05, 3.63) is 29.8 Å². The molecule has 2 unspecified atom stereocenters. The molecule has 5 nitrogen and oxygen atoms in total. The fourth-order valence-corrected chi connectivity index (χ4v) is 2.99. The summed E-state index contributed by atoms with van der Waals surface area (Å²) in [5.41, 5.74) is 6.99. The van der Waals surface area contributed by atoms with Gasteiger partial charge < -0.3 is 11.1 Å². The minimum Gasteiger partial charge on any atom is -0.328 e. The van der Waals surface area contributed by atoms with Crippen LogP contribution in [0.4, 0.5) is 0 Å². The molecule has 1 aromatic rings. The van der Waals surface area contributed by atoms with Crippen molar-refractivity contribution in [3.63, 3.8) is 0 Å². The standard InChI is InChI=1S/C13H21N3O2S/c14-11-2-1-3-12(8-11)16-9-10-4-6-13(7-5-10)19(15,17)18/h4-7,11-12,16H,1-3,8-9,14H2,(H2,15,17,18). The van der Waals surface area contributed by atoms with Crippen molar-refractivity contribution in [1.29, 1.82) is 0 Å². The van der Waals surface area contributed by atoms with Crippen LogP contribution in [0.25, 0.3) is 0 Å². The predicted molar refractivity (Wildman–Crippen MR) is 74.9 cm³/mol. The number of rotatable bonds is 4. The van der Waals surface area contributed by atoms with Crippen molar-refractivity contribution >= 4 is 10.0 Å². The van der Waals surface area contributed by atoms with Crippen LogP contribution < -0.4 is 16.2 Å². The summed E-state index contributed by atoms with van der Waals surface area (Å²) in [5.74, 6) is 0. The molecule has 0 heterocycles. The topological polar surface area (TPSA) is 98.2 Å². The number of sulfonamides is 1. The van der Waals surface area contributed by atoms with Crippen molar-refractivity contribution in [3.8, 4) is 0 Å². The van der Waals surface area contributed by atoms with Gasteiger partial charge in [-0.3, -0.25) is 0 Å². The summed E-state index contributed by atoms with van der Waals surface area (Å²) in [6, 6.07) is 7.42. The molecular formula is C13H21N3O2S. The smallest absolute Gasteiger partial charge is 0.238 e. The monoisotopic (exact) mass is 283 g/mol. The summed E-state index contributed by atoms with van der Waals surface area (Å²) in [6.45, 7) is 0.724. The van der Waals surface area contributed by atoms with E-state index in [1.54, 1.807) is 24.3 Å². The van der Waals surface area contributed by atoms with E-state index in [1.165, 1.54) is 6.42 Å². The third-order valence-electron chi connectivity index (χ3n) is 3.56. The lowest BCUT2D eigenvalue weighted by molar-refractivity contribution is 0.338. The van der Waals surface area contributed by atoms with Gasteiger partial charge in [-0.05, 0) is 37.0 Å². The first-order chi connectivity index (χ1) is 8.95. The Balaban J connectivity index is 1.89. The molecule has 1 fully saturated rings. The van der Waals surface area contributed by atoms with Gasteiger partial charge in [-0.15, -0.1) is 0 Å². The molecule has 1 saturated carbocycles. The van der Waals surface area contributed by atoms with Crippen LogP contribution in [-0.4, -0.2) is 20.5 Å². The van der Waals surface area contributed by atoms with Gasteiger partial charge in [0.2, 0.25) is 10.0 Å². The van der Waals surface area contributed by atoms with Crippen molar-refractivity contribution < 1.29 is 8.42 Å². The minimum atomic E-state index is -3.60. The molecule has 2 rings (SSSR count). The van der Waals surface area contributed by atoms with E-state index in [4.69, 9.17) is 10.9 Å². The first-order valence-electron chi connectivity index (χ1n) is 6.56. The molecule has 6 heteroatoms. The van der Waals surface area contributed by atoms with Gasteiger partial charge in [-0.2, -0.15) is 0 Å². The molecule has 5 N–H and O–H groups in total. The zero-order valence-electron chi connectivity index (χ0n) is 10.9. The lowest BCUT2D eigenvalue weighted by Crippen LogP contribution is -2.39. The molecule has 2 atom stereocenters. The zero-order valence-corrected chi connectivity index (χ0v) is 11.7. The van der Waals surface area contributed by atoms with E-state index < -0.39 is 10.0 Å². The third kappa shape index (κ3) is 4.28. The van der Waals surface area contributed by atoms with Crippen molar-refractivity contribution in [1.82, 2.24) is 5.32 Å². The van der Waals surface area contributed by atoms with E-state index in [9.17, 15) is 8.42 Å². The van der Waals surface area contributed by atoms with Crippen LogP contribution in [0.2, 0.25) is 0 Å². The van der Waals surface area contributed by atoms with Crippen LogP contribution in [0.15, 0.2) is 29.2 Å². The predicted octanol–water partition coefficient (Wildman–Crippen LogP) is 0.694. The maximum absolute atomic E-state index is 11.1. The Hall–Kier alpha value is -0.950. The number of benzene rings is 1. The molecule has 0 amide bonds. The fraction of sp³-hybridized carbons (Fsp3) is 0.538. The maximum atomic E-state index is 11.1. The average molecular weight is 283 g/mol. The van der Waals surface area contributed by atoms with Gasteiger partial charge in [-0.25, -0.2) is 13.6 Å². The first-order valence-corrected chi connectivity index (χ1v) is 8.10. The number of hydrogen-bond acceptors (Lipinski definition) is 4. The van der Waals surface area contributed by atoms with Crippen molar-refractivity contribution in [2.24, 2.45) is 10.9 Å². The summed E-state index contributed by atoms with van der Waals surface area (Å²) in [4.78, 5) is 0.149. The van der Waals surface area contributed by atoms with Gasteiger partial charge in [0, 0.05) is 18.6 Å². The van der Waals surface area contributed by atoms with Gasteiger partial charge in [0.15, 0.2) is 0 Å². The summed E-state index contributed by atoms with van der Waals surface area (Å²) in [5, 5.41) is 8.52. The lowest BCUT2D eigenvalue weighted by atomic mass is 9.91. The molecule has 1 aromatic carbocycles. The second kappa shape index (κ2) is 6.00. The maximum Gasteiger partial charge on any atom is 0.238 e. The highest BCUT2D eigenvalue weighted by Crippen LogP contribution is 2.17. The highest BCUT2D eigenvalue weighted by molar-refractivity contribution is 7.89. The van der Waals surface area contributed by atoms with Gasteiger partial charge in [0.1, 0.15) is 0 Å². The molecule has 0 aliphatic heterocycles. The Bertz CT molecular complexity index is 513. The molecule has 0 spiro atoms. The highest BCUT2D eigenvalue weighted by atomic mass is 32.2. The third-order valence-corrected chi connectivity index (χ3v) is 4.49. The molecule has 1 aliphatic rings. The molecule has 106 valence electrons. The summed E-state index contributed by atoms with van der Waals surface area (Å²) in [6.07, 6.45) is 4.45. The Morgan fingerprint density at radius 3 is 2.47 bits per heavy atom. The lowest BCUT2D eigenvalue weighted by Gasteiger charge is -2.27. The molecule has 0 bridgehead atoms. The van der Waals surface area contributed by atoms with Crippen LogP contribution in [0.5, 0.6) is 0 Å². The number of primary sulfonamides is 1. The molecule has 1 aliphatic carbocycles. The quantitative estimate of drug-likeness (QED) is 0.757. The highest BCUT2D eigenvalue weighted by Gasteiger charge is 2.18. The molecule has 0 radical (unpaired) electrons. The number of nitrogens with two attached hydrogens (primary N) is 2. The Kier molecular flexibility index (Phi) is 4.57. The summed E-state index contributed by atoms with van der Waals surface area (Å²) in [7, 11) is -3.60. The Morgan fingerprint density at radius 1 is 1.21 bits per heavy atom. The van der Waals surface area contributed by atoms with E-state index in [0.29, 0.717) is 12.1 Å². The Labute approximate surface area is 114 Å². The van der Waals surface area contributed by atoms with Gasteiger partial charge in [-0.1, -0.05) is 18.6 Å².